The zero-order valence-electron chi connectivity index (χ0n) is 11.6. The van der Waals surface area contributed by atoms with Crippen LogP contribution < -0.4 is 0 Å². The van der Waals surface area contributed by atoms with Gasteiger partial charge in [0.2, 0.25) is 10.0 Å². The van der Waals surface area contributed by atoms with Gasteiger partial charge in [-0.15, -0.1) is 0 Å². The second-order valence-electron chi connectivity index (χ2n) is 4.79. The highest BCUT2D eigenvalue weighted by Gasteiger charge is 2.40. The molecule has 1 unspecified atom stereocenters. The van der Waals surface area contributed by atoms with Crippen molar-refractivity contribution in [3.63, 3.8) is 0 Å². The number of aromatic amines is 1. The minimum atomic E-state index is -3.49. The first-order valence-corrected chi connectivity index (χ1v) is 8.19. The zero-order valence-corrected chi connectivity index (χ0v) is 12.4. The van der Waals surface area contributed by atoms with Crippen molar-refractivity contribution >= 4 is 16.0 Å². The third-order valence-electron chi connectivity index (χ3n) is 3.44. The van der Waals surface area contributed by atoms with Crippen molar-refractivity contribution in [3.05, 3.63) is 17.7 Å². The van der Waals surface area contributed by atoms with E-state index in [0.717, 1.165) is 17.8 Å². The van der Waals surface area contributed by atoms with E-state index in [0.29, 0.717) is 6.42 Å². The average molecular weight is 301 g/mol. The normalized spacial score (nSPS) is 19.6. The van der Waals surface area contributed by atoms with Crippen molar-refractivity contribution in [3.8, 4) is 0 Å². The van der Waals surface area contributed by atoms with Crippen molar-refractivity contribution in [1.82, 2.24) is 14.3 Å². The molecule has 7 nitrogen and oxygen atoms in total. The van der Waals surface area contributed by atoms with Crippen molar-refractivity contribution in [2.45, 2.75) is 38.8 Å². The molecule has 0 radical (unpaired) electrons. The number of ether oxygens (including phenoxy) is 1. The van der Waals surface area contributed by atoms with Crippen LogP contribution >= 0.6 is 0 Å². The summed E-state index contributed by atoms with van der Waals surface area (Å²) in [5.41, 5.74) is 1.47. The number of rotatable bonds is 5. The van der Waals surface area contributed by atoms with E-state index in [4.69, 9.17) is 4.74 Å². The Kier molecular flexibility index (Phi) is 4.44. The van der Waals surface area contributed by atoms with E-state index < -0.39 is 22.0 Å². The Bertz CT molecular complexity index is 581. The van der Waals surface area contributed by atoms with Crippen molar-refractivity contribution in [2.75, 3.05) is 12.9 Å². The topological polar surface area (TPSA) is 92.4 Å². The smallest absolute Gasteiger partial charge is 0.324 e. The number of carbonyl (C=O) groups excluding carboxylic acids is 1. The first kappa shape index (κ1) is 15.0. The Morgan fingerprint density at radius 2 is 2.35 bits per heavy atom. The van der Waals surface area contributed by atoms with E-state index >= 15 is 0 Å². The molecule has 1 aliphatic heterocycles. The number of carbonyl (C=O) groups is 1. The summed E-state index contributed by atoms with van der Waals surface area (Å²) in [4.78, 5) is 18.9. The number of aromatic nitrogens is 2. The molecule has 2 rings (SSSR count). The summed E-state index contributed by atoms with van der Waals surface area (Å²) in [5.74, 6) is -0.501. The Labute approximate surface area is 118 Å². The van der Waals surface area contributed by atoms with Gasteiger partial charge >= 0.3 is 5.97 Å². The van der Waals surface area contributed by atoms with Gasteiger partial charge < -0.3 is 9.72 Å². The highest BCUT2D eigenvalue weighted by atomic mass is 32.2. The van der Waals surface area contributed by atoms with Gasteiger partial charge in [-0.05, 0) is 6.42 Å². The number of sulfonamides is 1. The quantitative estimate of drug-likeness (QED) is 0.797. The van der Waals surface area contributed by atoms with Crippen LogP contribution in [-0.2, 0) is 32.5 Å². The number of fused-ring (bicyclic) bond motifs is 1. The molecule has 2 heterocycles. The Balaban J connectivity index is 2.30. The largest absolute Gasteiger partial charge is 0.468 e. The first-order chi connectivity index (χ1) is 9.49. The molecule has 0 spiro atoms. The van der Waals surface area contributed by atoms with Crippen LogP contribution in [0.4, 0.5) is 0 Å². The van der Waals surface area contributed by atoms with Gasteiger partial charge in [-0.25, -0.2) is 13.4 Å². The average Bonchev–Trinajstić information content (AvgIpc) is 2.90. The zero-order chi connectivity index (χ0) is 14.8. The number of methoxy groups -OCH3 is 1. The third-order valence-corrected chi connectivity index (χ3v) is 5.34. The fourth-order valence-electron chi connectivity index (χ4n) is 2.29. The van der Waals surface area contributed by atoms with Gasteiger partial charge in [-0.3, -0.25) is 4.79 Å². The molecule has 0 saturated carbocycles. The van der Waals surface area contributed by atoms with Gasteiger partial charge in [-0.1, -0.05) is 13.3 Å². The van der Waals surface area contributed by atoms with E-state index in [1.54, 1.807) is 0 Å². The number of esters is 1. The lowest BCUT2D eigenvalue weighted by molar-refractivity contribution is -0.145. The summed E-state index contributed by atoms with van der Waals surface area (Å²) >= 11 is 0. The molecule has 1 aromatic rings. The Hall–Kier alpha value is -1.41. The number of H-pyrrole nitrogens is 1. The molecule has 1 aliphatic rings. The second-order valence-corrected chi connectivity index (χ2v) is 6.83. The summed E-state index contributed by atoms with van der Waals surface area (Å²) in [6.45, 7) is 2.07. The van der Waals surface area contributed by atoms with Gasteiger partial charge in [0, 0.05) is 6.42 Å². The fourth-order valence-corrected chi connectivity index (χ4v) is 4.05. The molecule has 1 N–H and O–H groups in total. The van der Waals surface area contributed by atoms with Crippen molar-refractivity contribution < 1.29 is 17.9 Å². The maximum absolute atomic E-state index is 12.4. The minimum absolute atomic E-state index is 0.0421. The second kappa shape index (κ2) is 5.92. The number of hydrogen-bond donors (Lipinski definition) is 1. The maximum atomic E-state index is 12.4. The molecule has 8 heteroatoms. The van der Waals surface area contributed by atoms with Crippen LogP contribution in [-0.4, -0.2) is 47.6 Å². The molecule has 0 aromatic carbocycles. The summed E-state index contributed by atoms with van der Waals surface area (Å²) in [7, 11) is -2.22. The predicted molar refractivity (Wildman–Crippen MR) is 72.3 cm³/mol. The van der Waals surface area contributed by atoms with Crippen molar-refractivity contribution in [1.29, 1.82) is 0 Å². The van der Waals surface area contributed by atoms with Crippen LogP contribution in [0.5, 0.6) is 0 Å². The highest BCUT2D eigenvalue weighted by molar-refractivity contribution is 7.89. The number of hydrogen-bond acceptors (Lipinski definition) is 5. The van der Waals surface area contributed by atoms with Crippen LogP contribution in [0.25, 0.3) is 0 Å². The summed E-state index contributed by atoms with van der Waals surface area (Å²) in [6.07, 6.45) is 3.12. The predicted octanol–water partition coefficient (Wildman–Crippen LogP) is 0.439. The molecule has 0 bridgehead atoms. The molecule has 112 valence electrons. The summed E-state index contributed by atoms with van der Waals surface area (Å²) in [6, 6.07) is -0.822. The number of imidazole rings is 1. The van der Waals surface area contributed by atoms with E-state index in [1.807, 2.05) is 6.92 Å². The van der Waals surface area contributed by atoms with Gasteiger partial charge in [0.15, 0.2) is 0 Å². The van der Waals surface area contributed by atoms with Crippen LogP contribution in [0.15, 0.2) is 6.33 Å². The van der Waals surface area contributed by atoms with Gasteiger partial charge in [-0.2, -0.15) is 4.31 Å². The summed E-state index contributed by atoms with van der Waals surface area (Å²) in [5, 5.41) is 0. The molecule has 1 atom stereocenters. The van der Waals surface area contributed by atoms with E-state index in [-0.39, 0.29) is 18.7 Å². The first-order valence-electron chi connectivity index (χ1n) is 6.58. The molecule has 0 aliphatic carbocycles. The van der Waals surface area contributed by atoms with E-state index in [2.05, 4.69) is 9.97 Å². The number of unbranched alkanes of at least 4 members (excludes halogenated alkanes) is 1. The molecular weight excluding hydrogens is 282 g/mol. The van der Waals surface area contributed by atoms with Crippen LogP contribution in [0, 0.1) is 0 Å². The Morgan fingerprint density at radius 3 is 3.00 bits per heavy atom. The van der Waals surface area contributed by atoms with E-state index in [9.17, 15) is 13.2 Å². The molecule has 0 amide bonds. The number of nitrogens with zero attached hydrogens (tertiary/aromatic N) is 2. The SMILES string of the molecule is CCCCS(=O)(=O)N1Cc2[nH]cnc2CC1C(=O)OC. The van der Waals surface area contributed by atoms with Crippen LogP contribution in [0.3, 0.4) is 0 Å². The van der Waals surface area contributed by atoms with Crippen molar-refractivity contribution in [2.24, 2.45) is 0 Å². The standard InChI is InChI=1S/C12H19N3O4S/c1-3-4-5-20(17,18)15-7-10-9(13-8-14-10)6-11(15)12(16)19-2/h8,11H,3-7H2,1-2H3,(H,13,14). The molecule has 0 saturated heterocycles. The monoisotopic (exact) mass is 301 g/mol. The molecular formula is C12H19N3O4S. The highest BCUT2D eigenvalue weighted by Crippen LogP contribution is 2.25. The van der Waals surface area contributed by atoms with Gasteiger partial charge in [0.05, 0.1) is 37.1 Å². The van der Waals surface area contributed by atoms with E-state index in [1.165, 1.54) is 17.7 Å². The molecule has 20 heavy (non-hydrogen) atoms. The molecule has 0 fully saturated rings. The van der Waals surface area contributed by atoms with Gasteiger partial charge in [0.25, 0.3) is 0 Å². The summed E-state index contributed by atoms with van der Waals surface area (Å²) < 4.78 is 30.7. The lowest BCUT2D eigenvalue weighted by atomic mass is 10.1. The number of nitrogens with one attached hydrogen (secondary N) is 1. The lowest BCUT2D eigenvalue weighted by Crippen LogP contribution is -2.49. The van der Waals surface area contributed by atoms with Crippen LogP contribution in [0.1, 0.15) is 31.2 Å². The lowest BCUT2D eigenvalue weighted by Gasteiger charge is -2.32. The molecule has 1 aromatic heterocycles. The minimum Gasteiger partial charge on any atom is -0.468 e. The van der Waals surface area contributed by atoms with Crippen LogP contribution in [0.2, 0.25) is 0 Å². The third kappa shape index (κ3) is 2.85. The fraction of sp³-hybridized carbons (Fsp3) is 0.667. The van der Waals surface area contributed by atoms with Gasteiger partial charge in [0.1, 0.15) is 6.04 Å². The maximum Gasteiger partial charge on any atom is 0.324 e. The Morgan fingerprint density at radius 1 is 1.60 bits per heavy atom.